The Labute approximate surface area is 145 Å². The largest absolute Gasteiger partial charge is 0.377 e. The summed E-state index contributed by atoms with van der Waals surface area (Å²) >= 11 is 1.51. The number of aromatic nitrogens is 1. The number of thiazole rings is 1. The molecule has 0 aliphatic carbocycles. The summed E-state index contributed by atoms with van der Waals surface area (Å²) in [5.41, 5.74) is 2.26. The zero-order valence-electron chi connectivity index (χ0n) is 14.2. The van der Waals surface area contributed by atoms with Gasteiger partial charge in [0, 0.05) is 25.2 Å². The Balaban J connectivity index is 1.99. The molecule has 1 unspecified atom stereocenters. The third-order valence-corrected chi connectivity index (χ3v) is 4.40. The van der Waals surface area contributed by atoms with Gasteiger partial charge >= 0.3 is 11.8 Å². The summed E-state index contributed by atoms with van der Waals surface area (Å²) in [5, 5.41) is 5.44. The van der Waals surface area contributed by atoms with E-state index in [-0.39, 0.29) is 6.10 Å². The molecule has 24 heavy (non-hydrogen) atoms. The molecule has 2 amide bonds. The fourth-order valence-electron chi connectivity index (χ4n) is 2.16. The lowest BCUT2D eigenvalue weighted by Gasteiger charge is -2.16. The van der Waals surface area contributed by atoms with Crippen LogP contribution in [0.5, 0.6) is 0 Å². The van der Waals surface area contributed by atoms with E-state index in [1.807, 2.05) is 31.4 Å². The first-order chi connectivity index (χ1) is 11.4. The standard InChI is InChI=1S/C17H21N3O3S/c1-11(23-4)13-6-5-7-14(8-13)19-16(21)17(22)20(3)9-15-10-24-12(2)18-15/h5-8,10-11H,9H2,1-4H3,(H,19,21). The van der Waals surface area contributed by atoms with Crippen LogP contribution >= 0.6 is 11.3 Å². The first-order valence-electron chi connectivity index (χ1n) is 7.51. The van der Waals surface area contributed by atoms with Crippen molar-refractivity contribution in [3.05, 3.63) is 45.9 Å². The summed E-state index contributed by atoms with van der Waals surface area (Å²) in [5.74, 6) is -1.28. The van der Waals surface area contributed by atoms with Crippen LogP contribution in [-0.2, 0) is 20.9 Å². The number of carbonyl (C=O) groups excluding carboxylic acids is 2. The number of ether oxygens (including phenoxy) is 1. The maximum atomic E-state index is 12.2. The second-order valence-corrected chi connectivity index (χ2v) is 6.54. The minimum Gasteiger partial charge on any atom is -0.377 e. The molecule has 0 bridgehead atoms. The topological polar surface area (TPSA) is 71.5 Å². The maximum Gasteiger partial charge on any atom is 0.313 e. The molecule has 0 saturated carbocycles. The van der Waals surface area contributed by atoms with Crippen molar-refractivity contribution in [1.82, 2.24) is 9.88 Å². The van der Waals surface area contributed by atoms with Gasteiger partial charge in [-0.15, -0.1) is 11.3 Å². The zero-order valence-corrected chi connectivity index (χ0v) is 15.0. The number of anilines is 1. The molecule has 2 aromatic rings. The monoisotopic (exact) mass is 347 g/mol. The second kappa shape index (κ2) is 8.03. The smallest absolute Gasteiger partial charge is 0.313 e. The molecule has 6 nitrogen and oxygen atoms in total. The molecule has 1 atom stereocenters. The van der Waals surface area contributed by atoms with E-state index in [1.165, 1.54) is 16.2 Å². The first-order valence-corrected chi connectivity index (χ1v) is 8.39. The fraction of sp³-hybridized carbons (Fsp3) is 0.353. The van der Waals surface area contributed by atoms with Crippen LogP contribution in [-0.4, -0.2) is 35.9 Å². The highest BCUT2D eigenvalue weighted by molar-refractivity contribution is 7.09. The SMILES string of the molecule is COC(C)c1cccc(NC(=O)C(=O)N(C)Cc2csc(C)n2)c1. The average Bonchev–Trinajstić information content (AvgIpc) is 2.98. The summed E-state index contributed by atoms with van der Waals surface area (Å²) < 4.78 is 5.26. The van der Waals surface area contributed by atoms with Crippen molar-refractivity contribution in [1.29, 1.82) is 0 Å². The lowest BCUT2D eigenvalue weighted by molar-refractivity contribution is -0.142. The lowest BCUT2D eigenvalue weighted by atomic mass is 10.1. The number of carbonyl (C=O) groups is 2. The molecule has 0 fully saturated rings. The van der Waals surface area contributed by atoms with E-state index in [0.29, 0.717) is 12.2 Å². The van der Waals surface area contributed by atoms with Gasteiger partial charge in [0.1, 0.15) is 0 Å². The Kier molecular flexibility index (Phi) is 6.05. The molecule has 1 N–H and O–H groups in total. The second-order valence-electron chi connectivity index (χ2n) is 5.48. The average molecular weight is 347 g/mol. The summed E-state index contributed by atoms with van der Waals surface area (Å²) in [4.78, 5) is 30.0. The molecule has 1 heterocycles. The predicted molar refractivity (Wildman–Crippen MR) is 93.8 cm³/mol. The highest BCUT2D eigenvalue weighted by atomic mass is 32.1. The summed E-state index contributed by atoms with van der Waals surface area (Å²) in [6.45, 7) is 4.11. The number of nitrogens with one attached hydrogen (secondary N) is 1. The Morgan fingerprint density at radius 1 is 1.42 bits per heavy atom. The van der Waals surface area contributed by atoms with Gasteiger partial charge in [-0.1, -0.05) is 12.1 Å². The molecular formula is C17H21N3O3S. The molecule has 0 spiro atoms. The van der Waals surface area contributed by atoms with Crippen LogP contribution in [0.15, 0.2) is 29.6 Å². The Morgan fingerprint density at radius 2 is 2.17 bits per heavy atom. The molecule has 0 aliphatic rings. The van der Waals surface area contributed by atoms with Crippen LogP contribution < -0.4 is 5.32 Å². The third-order valence-electron chi connectivity index (χ3n) is 3.57. The van der Waals surface area contributed by atoms with E-state index in [1.54, 1.807) is 26.3 Å². The first kappa shape index (κ1) is 18.1. The molecule has 0 radical (unpaired) electrons. The third kappa shape index (κ3) is 4.62. The fourth-order valence-corrected chi connectivity index (χ4v) is 2.76. The van der Waals surface area contributed by atoms with E-state index in [2.05, 4.69) is 10.3 Å². The lowest BCUT2D eigenvalue weighted by Crippen LogP contribution is -2.36. The zero-order chi connectivity index (χ0) is 17.7. The van der Waals surface area contributed by atoms with E-state index in [0.717, 1.165) is 16.3 Å². The van der Waals surface area contributed by atoms with E-state index in [9.17, 15) is 9.59 Å². The minimum atomic E-state index is -0.674. The Hall–Kier alpha value is -2.25. The van der Waals surface area contributed by atoms with Crippen molar-refractivity contribution in [3.8, 4) is 0 Å². The number of aryl methyl sites for hydroxylation is 1. The van der Waals surface area contributed by atoms with Crippen LogP contribution in [0.1, 0.15) is 29.3 Å². The van der Waals surface area contributed by atoms with Gasteiger partial charge < -0.3 is 15.0 Å². The molecular weight excluding hydrogens is 326 g/mol. The van der Waals surface area contributed by atoms with Crippen LogP contribution in [0.3, 0.4) is 0 Å². The molecule has 1 aromatic heterocycles. The molecule has 2 rings (SSSR count). The van der Waals surface area contributed by atoms with Crippen molar-refractivity contribution in [2.24, 2.45) is 0 Å². The summed E-state index contributed by atoms with van der Waals surface area (Å²) in [7, 11) is 3.20. The van der Waals surface area contributed by atoms with Crippen LogP contribution in [0.25, 0.3) is 0 Å². The quantitative estimate of drug-likeness (QED) is 0.844. The van der Waals surface area contributed by atoms with Gasteiger partial charge in [0.05, 0.1) is 23.4 Å². The van der Waals surface area contributed by atoms with Gasteiger partial charge in [-0.25, -0.2) is 4.98 Å². The summed E-state index contributed by atoms with van der Waals surface area (Å²) in [6.07, 6.45) is -0.0897. The van der Waals surface area contributed by atoms with Crippen molar-refractivity contribution >= 4 is 28.8 Å². The number of benzene rings is 1. The number of amides is 2. The Bertz CT molecular complexity index is 729. The Morgan fingerprint density at radius 3 is 2.79 bits per heavy atom. The van der Waals surface area contributed by atoms with Gasteiger partial charge in [0.15, 0.2) is 0 Å². The van der Waals surface area contributed by atoms with Gasteiger partial charge in [-0.2, -0.15) is 0 Å². The highest BCUT2D eigenvalue weighted by Gasteiger charge is 2.20. The number of nitrogens with zero attached hydrogens (tertiary/aromatic N) is 2. The number of methoxy groups -OCH3 is 1. The molecule has 0 aliphatic heterocycles. The number of likely N-dealkylation sites (N-methyl/N-ethyl adjacent to an activating group) is 1. The van der Waals surface area contributed by atoms with Crippen molar-refractivity contribution in [2.75, 3.05) is 19.5 Å². The van der Waals surface area contributed by atoms with E-state index < -0.39 is 11.8 Å². The van der Waals surface area contributed by atoms with E-state index in [4.69, 9.17) is 4.74 Å². The van der Waals surface area contributed by atoms with Gasteiger partial charge in [-0.05, 0) is 31.5 Å². The molecule has 0 saturated heterocycles. The van der Waals surface area contributed by atoms with Crippen LogP contribution in [0, 0.1) is 6.92 Å². The molecule has 7 heteroatoms. The van der Waals surface area contributed by atoms with Crippen molar-refractivity contribution < 1.29 is 14.3 Å². The van der Waals surface area contributed by atoms with Gasteiger partial charge in [-0.3, -0.25) is 9.59 Å². The molecule has 128 valence electrons. The number of hydrogen-bond acceptors (Lipinski definition) is 5. The van der Waals surface area contributed by atoms with Crippen molar-refractivity contribution in [2.45, 2.75) is 26.5 Å². The van der Waals surface area contributed by atoms with Gasteiger partial charge in [0.2, 0.25) is 0 Å². The van der Waals surface area contributed by atoms with Crippen LogP contribution in [0.4, 0.5) is 5.69 Å². The van der Waals surface area contributed by atoms with Crippen LogP contribution in [0.2, 0.25) is 0 Å². The van der Waals surface area contributed by atoms with E-state index >= 15 is 0 Å². The minimum absolute atomic E-state index is 0.0897. The summed E-state index contributed by atoms with van der Waals surface area (Å²) in [6, 6.07) is 7.25. The maximum absolute atomic E-state index is 12.2. The predicted octanol–water partition coefficient (Wildman–Crippen LogP) is 2.76. The number of rotatable bonds is 5. The number of hydrogen-bond donors (Lipinski definition) is 1. The molecule has 1 aromatic carbocycles. The van der Waals surface area contributed by atoms with Crippen molar-refractivity contribution in [3.63, 3.8) is 0 Å². The van der Waals surface area contributed by atoms with Gasteiger partial charge in [0.25, 0.3) is 0 Å². The highest BCUT2D eigenvalue weighted by Crippen LogP contribution is 2.19. The normalized spacial score (nSPS) is 11.8.